The van der Waals surface area contributed by atoms with Gasteiger partial charge in [0.25, 0.3) is 0 Å². The molecule has 0 unspecified atom stereocenters. The summed E-state index contributed by atoms with van der Waals surface area (Å²) in [6.07, 6.45) is 12.9. The van der Waals surface area contributed by atoms with E-state index < -0.39 is 20.2 Å². The SMILES string of the molecule is CC1(C)C(/C=C/C2=C(Cl)C(=C/C=C3/N(CCCCS(=O)(=O)[O-])c4ccccc4C3(C)C)/CCC2)=[N+](CCCCS(=O)(=O)[O-])c2ccccc21.[K+]. The predicted molar refractivity (Wildman–Crippen MR) is 196 cm³/mol. The van der Waals surface area contributed by atoms with Gasteiger partial charge in [0.1, 0.15) is 6.54 Å². The standard InChI is InChI=1S/C38H47ClN2O6S2.K/c1-37(2)30-16-5-7-18-32(30)40(24-9-11-26-48(42,43)44)34(37)22-20-28-14-13-15-29(36(28)39)21-23-35-38(3,4)31-17-6-8-19-33(31)41(35)25-10-12-27-49(45,46)47;/h5-8,16-23H,9-15,24-27H2,1-4H3,(H-,42,43,44,45,46,47);/q;+1/p-1. The molecule has 0 fully saturated rings. The Hall–Kier alpha value is -1.38. The second-order valence-electron chi connectivity index (χ2n) is 14.2. The van der Waals surface area contributed by atoms with Crippen molar-refractivity contribution in [2.75, 3.05) is 29.5 Å². The average Bonchev–Trinajstić information content (AvgIpc) is 3.37. The predicted octanol–water partition coefficient (Wildman–Crippen LogP) is 4.56. The third kappa shape index (κ3) is 9.58. The number of fused-ring (bicyclic) bond motifs is 2. The fourth-order valence-corrected chi connectivity index (χ4v) is 8.86. The maximum absolute atomic E-state index is 11.2. The maximum atomic E-state index is 11.2. The molecule has 0 N–H and O–H groups in total. The van der Waals surface area contributed by atoms with E-state index in [2.05, 4.69) is 85.7 Å². The molecule has 0 saturated heterocycles. The van der Waals surface area contributed by atoms with E-state index in [1.807, 2.05) is 24.3 Å². The van der Waals surface area contributed by atoms with Crippen LogP contribution < -0.4 is 56.3 Å². The van der Waals surface area contributed by atoms with E-state index in [4.69, 9.17) is 11.6 Å². The Morgan fingerprint density at radius 2 is 1.42 bits per heavy atom. The van der Waals surface area contributed by atoms with Crippen LogP contribution in [0.5, 0.6) is 0 Å². The fraction of sp³-hybridized carbons (Fsp3) is 0.447. The molecule has 0 radical (unpaired) electrons. The van der Waals surface area contributed by atoms with Crippen molar-refractivity contribution in [1.82, 2.24) is 0 Å². The molecule has 50 heavy (non-hydrogen) atoms. The van der Waals surface area contributed by atoms with Crippen LogP contribution in [0.1, 0.15) is 83.8 Å². The zero-order chi connectivity index (χ0) is 35.6. The summed E-state index contributed by atoms with van der Waals surface area (Å²) in [5.41, 5.74) is 8.31. The van der Waals surface area contributed by atoms with Crippen molar-refractivity contribution in [1.29, 1.82) is 0 Å². The van der Waals surface area contributed by atoms with Gasteiger partial charge in [-0.1, -0.05) is 74.0 Å². The largest absolute Gasteiger partial charge is 1.00 e. The number of halogens is 1. The van der Waals surface area contributed by atoms with Crippen LogP contribution in [0.15, 0.2) is 94.7 Å². The van der Waals surface area contributed by atoms with Crippen molar-refractivity contribution >= 4 is 48.9 Å². The number of anilines is 1. The molecule has 0 saturated carbocycles. The summed E-state index contributed by atoms with van der Waals surface area (Å²) < 4.78 is 69.4. The number of rotatable bonds is 13. The Kier molecular flexibility index (Phi) is 13.9. The van der Waals surface area contributed by atoms with Gasteiger partial charge in [0, 0.05) is 64.0 Å². The van der Waals surface area contributed by atoms with Crippen LogP contribution >= 0.6 is 11.6 Å². The quantitative estimate of drug-likeness (QED) is 0.127. The van der Waals surface area contributed by atoms with Gasteiger partial charge in [0.05, 0.1) is 25.7 Å². The van der Waals surface area contributed by atoms with Gasteiger partial charge in [-0.3, -0.25) is 0 Å². The van der Waals surface area contributed by atoms with Crippen molar-refractivity contribution in [3.8, 4) is 0 Å². The average molecular weight is 765 g/mol. The van der Waals surface area contributed by atoms with Gasteiger partial charge >= 0.3 is 51.4 Å². The van der Waals surface area contributed by atoms with Gasteiger partial charge in [0.15, 0.2) is 5.71 Å². The summed E-state index contributed by atoms with van der Waals surface area (Å²) in [4.78, 5) is 2.24. The van der Waals surface area contributed by atoms with E-state index >= 15 is 0 Å². The summed E-state index contributed by atoms with van der Waals surface area (Å²) >= 11 is 7.12. The minimum Gasteiger partial charge on any atom is -0.748 e. The topological polar surface area (TPSA) is 121 Å². The van der Waals surface area contributed by atoms with Gasteiger partial charge in [-0.05, 0) is 81.2 Å². The summed E-state index contributed by atoms with van der Waals surface area (Å²) in [6.45, 7) is 9.96. The zero-order valence-electron chi connectivity index (χ0n) is 29.7. The molecule has 0 spiro atoms. The Morgan fingerprint density at radius 3 is 2.10 bits per heavy atom. The molecule has 2 aromatic carbocycles. The number of para-hydroxylation sites is 2. The summed E-state index contributed by atoms with van der Waals surface area (Å²) in [5.74, 6) is -0.727. The van der Waals surface area contributed by atoms with Gasteiger partial charge < -0.3 is 14.0 Å². The van der Waals surface area contributed by atoms with Crippen molar-refractivity contribution in [2.24, 2.45) is 0 Å². The van der Waals surface area contributed by atoms with Crippen LogP contribution in [0.2, 0.25) is 0 Å². The summed E-state index contributed by atoms with van der Waals surface area (Å²) in [6, 6.07) is 16.5. The molecule has 2 aliphatic heterocycles. The Morgan fingerprint density at radius 1 is 0.800 bits per heavy atom. The normalized spacial score (nSPS) is 20.2. The molecule has 12 heteroatoms. The molecule has 3 aliphatic rings. The summed E-state index contributed by atoms with van der Waals surface area (Å²) in [5, 5.41) is 0.737. The zero-order valence-corrected chi connectivity index (χ0v) is 35.3. The second kappa shape index (κ2) is 16.7. The van der Waals surface area contributed by atoms with E-state index in [0.717, 1.165) is 58.2 Å². The fourth-order valence-electron chi connectivity index (χ4n) is 7.43. The van der Waals surface area contributed by atoms with Crippen molar-refractivity contribution in [3.05, 3.63) is 106 Å². The Labute approximate surface area is 346 Å². The smallest absolute Gasteiger partial charge is 0.748 e. The first-order valence-electron chi connectivity index (χ1n) is 17.0. The third-order valence-corrected chi connectivity index (χ3v) is 12.1. The molecule has 0 amide bonds. The molecule has 0 atom stereocenters. The maximum Gasteiger partial charge on any atom is 1.00 e. The number of nitrogens with zero attached hydrogens (tertiary/aromatic N) is 2. The third-order valence-electron chi connectivity index (χ3n) is 9.99. The molecular formula is C38H46ClKN2O6S2. The van der Waals surface area contributed by atoms with E-state index in [-0.39, 0.29) is 73.7 Å². The van der Waals surface area contributed by atoms with Crippen LogP contribution in [-0.4, -0.2) is 60.8 Å². The Bertz CT molecular complexity index is 1980. The van der Waals surface area contributed by atoms with Gasteiger partial charge in [-0.25, -0.2) is 16.8 Å². The van der Waals surface area contributed by atoms with E-state index in [1.165, 1.54) is 11.1 Å². The van der Waals surface area contributed by atoms with E-state index in [0.29, 0.717) is 38.8 Å². The van der Waals surface area contributed by atoms with Gasteiger partial charge in [-0.2, -0.15) is 4.58 Å². The first-order chi connectivity index (χ1) is 23.0. The number of unbranched alkanes of at least 4 members (excludes halogenated alkanes) is 2. The van der Waals surface area contributed by atoms with Crippen molar-refractivity contribution in [3.63, 3.8) is 0 Å². The van der Waals surface area contributed by atoms with Crippen molar-refractivity contribution in [2.45, 2.75) is 83.5 Å². The molecule has 2 aromatic rings. The van der Waals surface area contributed by atoms with Crippen LogP contribution in [0.3, 0.4) is 0 Å². The number of benzene rings is 2. The molecule has 0 bridgehead atoms. The molecule has 8 nitrogen and oxygen atoms in total. The van der Waals surface area contributed by atoms with E-state index in [9.17, 15) is 25.9 Å². The number of hydrogen-bond donors (Lipinski definition) is 0. The van der Waals surface area contributed by atoms with Crippen LogP contribution in [0.4, 0.5) is 11.4 Å². The van der Waals surface area contributed by atoms with Crippen LogP contribution in [0.25, 0.3) is 0 Å². The molecule has 0 aromatic heterocycles. The first kappa shape index (κ1) is 41.4. The summed E-state index contributed by atoms with van der Waals surface area (Å²) in [7, 11) is -8.50. The number of hydrogen-bond acceptors (Lipinski definition) is 7. The molecule has 5 rings (SSSR count). The van der Waals surface area contributed by atoms with E-state index in [1.54, 1.807) is 0 Å². The van der Waals surface area contributed by atoms with Crippen LogP contribution in [-0.2, 0) is 31.1 Å². The Balaban J connectivity index is 0.00000562. The van der Waals surface area contributed by atoms with Crippen LogP contribution in [0, 0.1) is 0 Å². The molecule has 1 aliphatic carbocycles. The minimum absolute atomic E-state index is 0. The van der Waals surface area contributed by atoms with Crippen molar-refractivity contribution < 1.29 is 81.9 Å². The first-order valence-corrected chi connectivity index (χ1v) is 20.5. The molecule has 2 heterocycles. The monoisotopic (exact) mass is 764 g/mol. The van der Waals surface area contributed by atoms with Gasteiger partial charge in [0.2, 0.25) is 5.69 Å². The minimum atomic E-state index is -4.25. The molecule has 264 valence electrons. The van der Waals surface area contributed by atoms with Gasteiger partial charge in [-0.15, -0.1) is 0 Å². The number of allylic oxidation sites excluding steroid dienone is 8. The molecular weight excluding hydrogens is 719 g/mol. The second-order valence-corrected chi connectivity index (χ2v) is 17.6.